The van der Waals surface area contributed by atoms with Gasteiger partial charge in [-0.25, -0.2) is 4.79 Å². The Balaban J connectivity index is 1.64. The van der Waals surface area contributed by atoms with Crippen molar-refractivity contribution in [2.24, 2.45) is 0 Å². The van der Waals surface area contributed by atoms with E-state index >= 15 is 0 Å². The molecule has 5 nitrogen and oxygen atoms in total. The lowest BCUT2D eigenvalue weighted by molar-refractivity contribution is -0.274. The van der Waals surface area contributed by atoms with Gasteiger partial charge in [0, 0.05) is 5.56 Å². The van der Waals surface area contributed by atoms with Gasteiger partial charge in [0.05, 0.1) is 0 Å². The molecule has 0 aliphatic heterocycles. The zero-order valence-electron chi connectivity index (χ0n) is 14.6. The molecule has 1 heterocycles. The topological polar surface area (TPSA) is 68.9 Å². The van der Waals surface area contributed by atoms with E-state index in [4.69, 9.17) is 14.3 Å². The van der Waals surface area contributed by atoms with Gasteiger partial charge in [-0.05, 0) is 48.4 Å². The van der Waals surface area contributed by atoms with E-state index < -0.39 is 12.3 Å². The minimum atomic E-state index is -4.72. The van der Waals surface area contributed by atoms with Crippen molar-refractivity contribution in [2.75, 3.05) is 0 Å². The number of aryl methyl sites for hydroxylation is 1. The Morgan fingerprint density at radius 1 is 1.00 bits per heavy atom. The van der Waals surface area contributed by atoms with Gasteiger partial charge in [0.15, 0.2) is 0 Å². The zero-order valence-corrected chi connectivity index (χ0v) is 14.6. The van der Waals surface area contributed by atoms with Crippen molar-refractivity contribution in [1.82, 2.24) is 0 Å². The fourth-order valence-corrected chi connectivity index (χ4v) is 2.52. The van der Waals surface area contributed by atoms with Crippen molar-refractivity contribution in [3.8, 4) is 22.6 Å². The minimum Gasteiger partial charge on any atom is -0.489 e. The van der Waals surface area contributed by atoms with Crippen molar-refractivity contribution < 1.29 is 37.0 Å². The molecule has 3 aromatic rings. The van der Waals surface area contributed by atoms with E-state index in [1.54, 1.807) is 31.2 Å². The first-order valence-corrected chi connectivity index (χ1v) is 8.13. The summed E-state index contributed by atoms with van der Waals surface area (Å²) in [5.41, 5.74) is 2.14. The summed E-state index contributed by atoms with van der Waals surface area (Å²) in [6.07, 6.45) is -4.72. The van der Waals surface area contributed by atoms with Crippen molar-refractivity contribution in [2.45, 2.75) is 19.9 Å². The van der Waals surface area contributed by atoms with Gasteiger partial charge < -0.3 is 19.0 Å². The van der Waals surface area contributed by atoms with E-state index in [2.05, 4.69) is 4.74 Å². The van der Waals surface area contributed by atoms with Crippen molar-refractivity contribution >= 4 is 5.97 Å². The first kappa shape index (κ1) is 19.3. The quantitative estimate of drug-likeness (QED) is 0.606. The number of hydrogen-bond donors (Lipinski definition) is 1. The van der Waals surface area contributed by atoms with Gasteiger partial charge in [0.25, 0.3) is 0 Å². The molecular weight excluding hydrogens is 377 g/mol. The average molecular weight is 392 g/mol. The van der Waals surface area contributed by atoms with Gasteiger partial charge in [-0.3, -0.25) is 0 Å². The summed E-state index contributed by atoms with van der Waals surface area (Å²) in [4.78, 5) is 10.9. The van der Waals surface area contributed by atoms with Crippen LogP contribution in [0.15, 0.2) is 59.0 Å². The van der Waals surface area contributed by atoms with Crippen LogP contribution in [0.4, 0.5) is 13.2 Å². The summed E-state index contributed by atoms with van der Waals surface area (Å²) < 4.78 is 51.2. The molecule has 0 aliphatic rings. The third kappa shape index (κ3) is 4.85. The number of furan rings is 1. The second kappa shape index (κ2) is 7.67. The number of rotatable bonds is 6. The van der Waals surface area contributed by atoms with Crippen LogP contribution in [0.5, 0.6) is 11.5 Å². The van der Waals surface area contributed by atoms with Gasteiger partial charge in [-0.2, -0.15) is 0 Å². The Bertz CT molecular complexity index is 957. The molecule has 0 unspecified atom stereocenters. The highest BCUT2D eigenvalue weighted by Gasteiger charge is 2.30. The Hall–Kier alpha value is -3.42. The summed E-state index contributed by atoms with van der Waals surface area (Å²) in [5, 5.41) is 8.92. The maximum atomic E-state index is 12.2. The zero-order chi connectivity index (χ0) is 20.3. The Morgan fingerprint density at radius 2 is 1.54 bits per heavy atom. The number of ether oxygens (including phenoxy) is 2. The van der Waals surface area contributed by atoms with Crippen LogP contribution in [0.2, 0.25) is 0 Å². The second-order valence-corrected chi connectivity index (χ2v) is 5.88. The monoisotopic (exact) mass is 392 g/mol. The summed E-state index contributed by atoms with van der Waals surface area (Å²) in [6.45, 7) is 1.80. The van der Waals surface area contributed by atoms with Crippen LogP contribution >= 0.6 is 0 Å². The third-order valence-corrected chi connectivity index (χ3v) is 3.90. The van der Waals surface area contributed by atoms with E-state index in [1.807, 2.05) is 0 Å². The predicted octanol–water partition coefficient (Wildman–Crippen LogP) is 5.43. The third-order valence-electron chi connectivity index (χ3n) is 3.90. The molecular formula is C20H15F3O5. The summed E-state index contributed by atoms with van der Waals surface area (Å²) in [5.74, 6) is -0.560. The molecule has 0 fully saturated rings. The fourth-order valence-electron chi connectivity index (χ4n) is 2.52. The lowest BCUT2D eigenvalue weighted by Gasteiger charge is -2.10. The van der Waals surface area contributed by atoms with Crippen LogP contribution in [0.3, 0.4) is 0 Å². The number of hydrogen-bond acceptors (Lipinski definition) is 4. The number of alkyl halides is 3. The fraction of sp³-hybridized carbons (Fsp3) is 0.150. The molecule has 0 radical (unpaired) electrons. The van der Waals surface area contributed by atoms with Crippen LogP contribution in [-0.2, 0) is 6.61 Å². The summed E-state index contributed by atoms with van der Waals surface area (Å²) in [7, 11) is 0. The van der Waals surface area contributed by atoms with Crippen LogP contribution in [0.25, 0.3) is 11.1 Å². The Morgan fingerprint density at radius 3 is 2.00 bits per heavy atom. The molecule has 8 heteroatoms. The molecule has 0 saturated carbocycles. The second-order valence-electron chi connectivity index (χ2n) is 5.88. The summed E-state index contributed by atoms with van der Waals surface area (Å²) in [6, 6.07) is 13.9. The maximum Gasteiger partial charge on any atom is 0.573 e. The van der Waals surface area contributed by atoms with E-state index in [1.165, 1.54) is 30.3 Å². The van der Waals surface area contributed by atoms with Gasteiger partial charge in [-0.1, -0.05) is 24.3 Å². The molecule has 1 aromatic heterocycles. The van der Waals surface area contributed by atoms with E-state index in [0.29, 0.717) is 17.1 Å². The van der Waals surface area contributed by atoms with Crippen molar-refractivity contribution in [1.29, 1.82) is 0 Å². The molecule has 0 spiro atoms. The van der Waals surface area contributed by atoms with Crippen molar-refractivity contribution in [3.05, 3.63) is 71.7 Å². The SMILES string of the molecule is Cc1oc(C(=O)O)cc1COc1ccc(-c2ccc(OC(F)(F)F)cc2)cc1. The average Bonchev–Trinajstić information content (AvgIpc) is 3.01. The molecule has 0 aliphatic carbocycles. The van der Waals surface area contributed by atoms with E-state index in [-0.39, 0.29) is 18.1 Å². The standard InChI is InChI=1S/C20H15F3O5/c1-12-15(10-18(27-12)19(24)25)11-26-16-6-2-13(3-7-16)14-4-8-17(9-5-14)28-20(21,22)23/h2-10H,11H2,1H3,(H,24,25). The lowest BCUT2D eigenvalue weighted by Crippen LogP contribution is -2.16. The van der Waals surface area contributed by atoms with Crippen LogP contribution in [0.1, 0.15) is 21.9 Å². The highest BCUT2D eigenvalue weighted by molar-refractivity contribution is 5.84. The normalized spacial score (nSPS) is 11.3. The highest BCUT2D eigenvalue weighted by atomic mass is 19.4. The van der Waals surface area contributed by atoms with Gasteiger partial charge >= 0.3 is 12.3 Å². The predicted molar refractivity (Wildman–Crippen MR) is 93.3 cm³/mol. The molecule has 3 rings (SSSR count). The van der Waals surface area contributed by atoms with E-state index in [9.17, 15) is 18.0 Å². The molecule has 2 aromatic carbocycles. The van der Waals surface area contributed by atoms with Gasteiger partial charge in [0.1, 0.15) is 23.9 Å². The molecule has 0 saturated heterocycles. The van der Waals surface area contributed by atoms with Gasteiger partial charge in [-0.15, -0.1) is 13.2 Å². The highest BCUT2D eigenvalue weighted by Crippen LogP contribution is 2.28. The molecule has 28 heavy (non-hydrogen) atoms. The lowest BCUT2D eigenvalue weighted by atomic mass is 10.1. The molecule has 0 amide bonds. The Labute approximate surface area is 157 Å². The first-order chi connectivity index (χ1) is 13.2. The van der Waals surface area contributed by atoms with Crippen LogP contribution in [0, 0.1) is 6.92 Å². The first-order valence-electron chi connectivity index (χ1n) is 8.13. The summed E-state index contributed by atoms with van der Waals surface area (Å²) >= 11 is 0. The van der Waals surface area contributed by atoms with E-state index in [0.717, 1.165) is 11.1 Å². The number of benzene rings is 2. The smallest absolute Gasteiger partial charge is 0.489 e. The largest absolute Gasteiger partial charge is 0.573 e. The Kier molecular flexibility index (Phi) is 5.30. The molecule has 0 atom stereocenters. The number of carboxylic acid groups (broad SMARTS) is 1. The number of carboxylic acids is 1. The molecule has 1 N–H and O–H groups in total. The molecule has 0 bridgehead atoms. The van der Waals surface area contributed by atoms with Crippen molar-refractivity contribution in [3.63, 3.8) is 0 Å². The van der Waals surface area contributed by atoms with Crippen LogP contribution in [-0.4, -0.2) is 17.4 Å². The van der Waals surface area contributed by atoms with Crippen LogP contribution < -0.4 is 9.47 Å². The minimum absolute atomic E-state index is 0.144. The molecule has 146 valence electrons. The maximum absolute atomic E-state index is 12.2. The van der Waals surface area contributed by atoms with Gasteiger partial charge in [0.2, 0.25) is 5.76 Å². The number of aromatic carboxylic acids is 1. The number of carbonyl (C=O) groups is 1. The number of halogens is 3.